The number of nitro groups is 1. The van der Waals surface area contributed by atoms with Gasteiger partial charge in [-0.15, -0.1) is 0 Å². The average Bonchev–Trinajstić information content (AvgIpc) is 2.89. The molecule has 0 spiro atoms. The smallest absolute Gasteiger partial charge is 0.271 e. The van der Waals surface area contributed by atoms with Crippen LogP contribution in [0.15, 0.2) is 36.4 Å². The molecule has 0 bridgehead atoms. The largest absolute Gasteiger partial charge is 0.352 e. The molecule has 0 saturated heterocycles. The third-order valence-electron chi connectivity index (χ3n) is 7.08. The average molecular weight is 614 g/mol. The molecule has 2 aromatic rings. The predicted octanol–water partition coefficient (Wildman–Crippen LogP) is 5.23. The van der Waals surface area contributed by atoms with Gasteiger partial charge in [-0.05, 0) is 43.9 Å². The predicted molar refractivity (Wildman–Crippen MR) is 156 cm³/mol. The highest BCUT2D eigenvalue weighted by Crippen LogP contribution is 2.30. The fourth-order valence-corrected chi connectivity index (χ4v) is 6.31. The van der Waals surface area contributed by atoms with Gasteiger partial charge in [-0.3, -0.25) is 24.0 Å². The highest BCUT2D eigenvalue weighted by molar-refractivity contribution is 7.92. The summed E-state index contributed by atoms with van der Waals surface area (Å²) in [6.45, 7) is 2.53. The summed E-state index contributed by atoms with van der Waals surface area (Å²) in [4.78, 5) is 39.5. The molecular formula is C27H34Cl2N4O6S. The summed E-state index contributed by atoms with van der Waals surface area (Å²) in [7, 11) is -4.07. The van der Waals surface area contributed by atoms with Crippen LogP contribution in [0, 0.1) is 17.0 Å². The first-order chi connectivity index (χ1) is 18.8. The van der Waals surface area contributed by atoms with Gasteiger partial charge in [-0.1, -0.05) is 61.5 Å². The van der Waals surface area contributed by atoms with Gasteiger partial charge in [-0.25, -0.2) is 8.42 Å². The zero-order valence-corrected chi connectivity index (χ0v) is 25.1. The zero-order valence-electron chi connectivity index (χ0n) is 22.7. The first kappa shape index (κ1) is 31.6. The molecule has 0 aliphatic heterocycles. The van der Waals surface area contributed by atoms with Crippen LogP contribution < -0.4 is 9.62 Å². The molecule has 1 aliphatic rings. The molecule has 1 N–H and O–H groups in total. The SMILES string of the molecule is CCC(C(=O)NC1CCCCC1)N(Cc1c(Cl)cccc1Cl)C(=O)CN(c1cc([N+](=O)[O-])ccc1C)S(C)(=O)=O. The molecule has 0 aromatic heterocycles. The standard InChI is InChI=1S/C27H34Cl2N4O6S/c1-4-24(27(35)30-19-9-6-5-7-10-19)31(16-21-22(28)11-8-12-23(21)29)26(34)17-32(40(3,38)39)25-15-20(33(36)37)14-13-18(25)2/h8,11-15,19,24H,4-7,9-10,16-17H2,1-3H3,(H,30,35). The second kappa shape index (κ2) is 13.6. The van der Waals surface area contributed by atoms with E-state index in [1.54, 1.807) is 32.0 Å². The number of halogens is 2. The molecule has 0 radical (unpaired) electrons. The monoisotopic (exact) mass is 612 g/mol. The van der Waals surface area contributed by atoms with Crippen LogP contribution in [-0.4, -0.2) is 54.9 Å². The number of rotatable bonds is 11. The van der Waals surface area contributed by atoms with Crippen molar-refractivity contribution in [2.24, 2.45) is 0 Å². The summed E-state index contributed by atoms with van der Waals surface area (Å²) in [5.74, 6) is -1.03. The van der Waals surface area contributed by atoms with Crippen molar-refractivity contribution in [3.05, 3.63) is 67.7 Å². The van der Waals surface area contributed by atoms with Crippen LogP contribution >= 0.6 is 23.2 Å². The summed E-state index contributed by atoms with van der Waals surface area (Å²) in [5.41, 5.74) is 0.521. The highest BCUT2D eigenvalue weighted by atomic mass is 35.5. The van der Waals surface area contributed by atoms with E-state index in [-0.39, 0.29) is 36.3 Å². The Morgan fingerprint density at radius 1 is 1.12 bits per heavy atom. The Morgan fingerprint density at radius 2 is 1.75 bits per heavy atom. The third kappa shape index (κ3) is 7.86. The fraction of sp³-hybridized carbons (Fsp3) is 0.481. The third-order valence-corrected chi connectivity index (χ3v) is 8.91. The lowest BCUT2D eigenvalue weighted by Crippen LogP contribution is -2.54. The maximum atomic E-state index is 13.9. The highest BCUT2D eigenvalue weighted by Gasteiger charge is 2.34. The number of nitrogens with zero attached hydrogens (tertiary/aromatic N) is 3. The van der Waals surface area contributed by atoms with Crippen molar-refractivity contribution in [2.45, 2.75) is 71.0 Å². The minimum atomic E-state index is -4.07. The van der Waals surface area contributed by atoms with E-state index >= 15 is 0 Å². The van der Waals surface area contributed by atoms with Crippen molar-refractivity contribution in [3.8, 4) is 0 Å². The molecule has 40 heavy (non-hydrogen) atoms. The van der Waals surface area contributed by atoms with Crippen LogP contribution in [0.1, 0.15) is 56.6 Å². The Labute approximate surface area is 244 Å². The summed E-state index contributed by atoms with van der Waals surface area (Å²) >= 11 is 12.8. The van der Waals surface area contributed by atoms with Gasteiger partial charge in [0, 0.05) is 40.3 Å². The molecule has 1 atom stereocenters. The van der Waals surface area contributed by atoms with Crippen LogP contribution in [0.4, 0.5) is 11.4 Å². The van der Waals surface area contributed by atoms with Crippen molar-refractivity contribution in [3.63, 3.8) is 0 Å². The molecule has 1 saturated carbocycles. The van der Waals surface area contributed by atoms with E-state index < -0.39 is 33.4 Å². The first-order valence-electron chi connectivity index (χ1n) is 13.1. The lowest BCUT2D eigenvalue weighted by atomic mass is 9.95. The maximum Gasteiger partial charge on any atom is 0.271 e. The van der Waals surface area contributed by atoms with Crippen LogP contribution in [0.5, 0.6) is 0 Å². The summed E-state index contributed by atoms with van der Waals surface area (Å²) in [6, 6.07) is 7.74. The Morgan fingerprint density at radius 3 is 2.30 bits per heavy atom. The number of aryl methyl sites for hydroxylation is 1. The Kier molecular flexibility index (Phi) is 10.8. The second-order valence-electron chi connectivity index (χ2n) is 9.99. The van der Waals surface area contributed by atoms with Gasteiger partial charge in [0.15, 0.2) is 0 Å². The maximum absolute atomic E-state index is 13.9. The zero-order chi connectivity index (χ0) is 29.6. The number of hydrogen-bond acceptors (Lipinski definition) is 6. The summed E-state index contributed by atoms with van der Waals surface area (Å²) in [5, 5.41) is 15.0. The van der Waals surface area contributed by atoms with Gasteiger partial charge in [0.05, 0.1) is 16.9 Å². The number of carbonyl (C=O) groups excluding carboxylic acids is 2. The number of sulfonamides is 1. The summed E-state index contributed by atoms with van der Waals surface area (Å²) in [6.07, 6.45) is 5.98. The van der Waals surface area contributed by atoms with Gasteiger partial charge >= 0.3 is 0 Å². The number of hydrogen-bond donors (Lipinski definition) is 1. The van der Waals surface area contributed by atoms with E-state index in [0.29, 0.717) is 21.2 Å². The topological polar surface area (TPSA) is 130 Å². The number of carbonyl (C=O) groups is 2. The van der Waals surface area contributed by atoms with Gasteiger partial charge < -0.3 is 10.2 Å². The van der Waals surface area contributed by atoms with Crippen LogP contribution in [0.25, 0.3) is 0 Å². The van der Waals surface area contributed by atoms with Crippen molar-refractivity contribution in [1.29, 1.82) is 0 Å². The normalized spacial score (nSPS) is 14.8. The Bertz CT molecular complexity index is 1340. The number of amides is 2. The molecule has 1 fully saturated rings. The summed E-state index contributed by atoms with van der Waals surface area (Å²) < 4.78 is 26.6. The quantitative estimate of drug-likeness (QED) is 0.273. The lowest BCUT2D eigenvalue weighted by Gasteiger charge is -2.34. The van der Waals surface area contributed by atoms with Gasteiger partial charge in [0.2, 0.25) is 21.8 Å². The molecule has 3 rings (SSSR count). The molecule has 2 amide bonds. The number of anilines is 1. The van der Waals surface area contributed by atoms with Gasteiger partial charge in [0.25, 0.3) is 5.69 Å². The van der Waals surface area contributed by atoms with E-state index in [9.17, 15) is 28.1 Å². The van der Waals surface area contributed by atoms with Crippen molar-refractivity contribution in [1.82, 2.24) is 10.2 Å². The van der Waals surface area contributed by atoms with E-state index in [1.807, 2.05) is 0 Å². The molecule has 0 heterocycles. The number of nitro benzene ring substituents is 1. The van der Waals surface area contributed by atoms with Gasteiger partial charge in [-0.2, -0.15) is 0 Å². The van der Waals surface area contributed by atoms with E-state index in [1.165, 1.54) is 17.0 Å². The number of nitrogens with one attached hydrogen (secondary N) is 1. The fourth-order valence-electron chi connectivity index (χ4n) is 4.89. The molecule has 1 aliphatic carbocycles. The van der Waals surface area contributed by atoms with Crippen LogP contribution in [0.3, 0.4) is 0 Å². The van der Waals surface area contributed by atoms with E-state index in [0.717, 1.165) is 48.7 Å². The molecule has 1 unspecified atom stereocenters. The number of benzene rings is 2. The van der Waals surface area contributed by atoms with Crippen LogP contribution in [0.2, 0.25) is 10.0 Å². The molecule has 2 aromatic carbocycles. The minimum absolute atomic E-state index is 0.000446. The van der Waals surface area contributed by atoms with Gasteiger partial charge in [0.1, 0.15) is 12.6 Å². The van der Waals surface area contributed by atoms with Crippen LogP contribution in [-0.2, 0) is 26.2 Å². The molecular weight excluding hydrogens is 579 g/mol. The van der Waals surface area contributed by atoms with Crippen molar-refractivity contribution < 1.29 is 22.9 Å². The number of non-ortho nitro benzene ring substituents is 1. The van der Waals surface area contributed by atoms with E-state index in [4.69, 9.17) is 23.2 Å². The second-order valence-corrected chi connectivity index (χ2v) is 12.7. The molecule has 13 heteroatoms. The molecule has 10 nitrogen and oxygen atoms in total. The minimum Gasteiger partial charge on any atom is -0.352 e. The van der Waals surface area contributed by atoms with E-state index in [2.05, 4.69) is 5.32 Å². The van der Waals surface area contributed by atoms with Crippen molar-refractivity contribution in [2.75, 3.05) is 17.1 Å². The Hall–Kier alpha value is -2.89. The molecule has 218 valence electrons. The first-order valence-corrected chi connectivity index (χ1v) is 15.7. The van der Waals surface area contributed by atoms with Crippen molar-refractivity contribution >= 4 is 56.4 Å². The Balaban J connectivity index is 2.02. The lowest BCUT2D eigenvalue weighted by molar-refractivity contribution is -0.384.